The second kappa shape index (κ2) is 9.45. The Morgan fingerprint density at radius 3 is 2.40 bits per heavy atom. The number of amides is 2. The number of nitrogens with one attached hydrogen (secondary N) is 2. The van der Waals surface area contributed by atoms with Crippen LogP contribution in [0.4, 0.5) is 0 Å². The van der Waals surface area contributed by atoms with E-state index in [1.807, 2.05) is 43.3 Å². The van der Waals surface area contributed by atoms with Crippen LogP contribution in [0.25, 0.3) is 0 Å². The molecule has 174 valence electrons. The largest absolute Gasteiger partial charge is 0.309 e. The van der Waals surface area contributed by atoms with Gasteiger partial charge >= 0.3 is 0 Å². The van der Waals surface area contributed by atoms with E-state index in [1.165, 1.54) is 11.8 Å². The molecule has 0 saturated carbocycles. The zero-order chi connectivity index (χ0) is 24.5. The fraction of sp³-hybridized carbons (Fsp3) is 0.154. The number of pyridine rings is 1. The van der Waals surface area contributed by atoms with E-state index in [0.717, 1.165) is 21.6 Å². The number of hydrogen-bond acceptors (Lipinski definition) is 6. The van der Waals surface area contributed by atoms with Crippen molar-refractivity contribution in [1.29, 1.82) is 5.26 Å². The van der Waals surface area contributed by atoms with Gasteiger partial charge in [-0.2, -0.15) is 5.26 Å². The van der Waals surface area contributed by atoms with Crippen molar-refractivity contribution in [1.82, 2.24) is 20.7 Å². The minimum absolute atomic E-state index is 0.335. The van der Waals surface area contributed by atoms with E-state index in [1.54, 1.807) is 41.7 Å². The average Bonchev–Trinajstić information content (AvgIpc) is 3.22. The van der Waals surface area contributed by atoms with Crippen molar-refractivity contribution in [3.63, 3.8) is 0 Å². The highest BCUT2D eigenvalue weighted by molar-refractivity contribution is 8.03. The van der Waals surface area contributed by atoms with E-state index < -0.39 is 17.7 Å². The molecule has 2 N–H and O–H groups in total. The van der Waals surface area contributed by atoms with Gasteiger partial charge in [-0.05, 0) is 42.3 Å². The van der Waals surface area contributed by atoms with Gasteiger partial charge < -0.3 is 5.32 Å². The van der Waals surface area contributed by atoms with E-state index >= 15 is 0 Å². The molecule has 35 heavy (non-hydrogen) atoms. The number of carbonyl (C=O) groups excluding carboxylic acids is 2. The van der Waals surface area contributed by atoms with Crippen LogP contribution in [0, 0.1) is 24.2 Å². The number of thioether (sulfide) groups is 1. The topological polar surface area (TPSA) is 98.1 Å². The van der Waals surface area contributed by atoms with Gasteiger partial charge in [0.15, 0.2) is 0 Å². The summed E-state index contributed by atoms with van der Waals surface area (Å²) in [7, 11) is 0. The molecule has 2 aromatic carbocycles. The van der Waals surface area contributed by atoms with E-state index in [9.17, 15) is 14.9 Å². The van der Waals surface area contributed by atoms with Crippen molar-refractivity contribution in [3.05, 3.63) is 111 Å². The van der Waals surface area contributed by atoms with Crippen molar-refractivity contribution >= 4 is 35.2 Å². The molecule has 0 aliphatic carbocycles. The summed E-state index contributed by atoms with van der Waals surface area (Å²) in [5, 5.41) is 14.7. The molecule has 3 unspecified atom stereocenters. The first-order chi connectivity index (χ1) is 17.0. The van der Waals surface area contributed by atoms with Crippen LogP contribution in [0.1, 0.15) is 38.3 Å². The van der Waals surface area contributed by atoms with Gasteiger partial charge in [0.05, 0.1) is 6.07 Å². The smallest absolute Gasteiger partial charge is 0.269 e. The Morgan fingerprint density at radius 1 is 1.09 bits per heavy atom. The number of nitrogens with zero attached hydrogens (tertiary/aromatic N) is 3. The summed E-state index contributed by atoms with van der Waals surface area (Å²) in [5.74, 6) is -1.70. The number of aromatic nitrogens is 1. The molecule has 5 rings (SSSR count). The molecule has 3 aromatic rings. The maximum atomic E-state index is 13.1. The zero-order valence-corrected chi connectivity index (χ0v) is 20.2. The highest BCUT2D eigenvalue weighted by Gasteiger charge is 2.47. The van der Waals surface area contributed by atoms with Gasteiger partial charge in [0.1, 0.15) is 17.1 Å². The highest BCUT2D eigenvalue weighted by Crippen LogP contribution is 2.54. The fourth-order valence-electron chi connectivity index (χ4n) is 4.19. The number of halogens is 1. The Hall–Kier alpha value is -3.80. The number of rotatable bonds is 4. The molecule has 0 saturated heterocycles. The molecule has 0 radical (unpaired) electrons. The second-order valence-corrected chi connectivity index (χ2v) is 9.82. The van der Waals surface area contributed by atoms with Gasteiger partial charge in [0, 0.05) is 33.8 Å². The van der Waals surface area contributed by atoms with Crippen molar-refractivity contribution < 1.29 is 9.59 Å². The number of carbonyl (C=O) groups is 2. The molecule has 9 heteroatoms. The quantitative estimate of drug-likeness (QED) is 0.539. The third kappa shape index (κ3) is 4.36. The van der Waals surface area contributed by atoms with E-state index in [-0.39, 0.29) is 11.3 Å². The fourth-order valence-corrected chi connectivity index (χ4v) is 5.79. The summed E-state index contributed by atoms with van der Waals surface area (Å²) < 4.78 is 0. The standard InChI is InChI=1S/C26H20ClN5O2S/c1-15-2-4-18(5-3-15)26-32(31-24(33)17-10-12-29-13-11-17)23-22(35-26)21(20(14-28)25(34)30-23)16-6-8-19(27)9-7-16/h2-13,20-21,26H,1H3,(H,30,34)(H,31,33). The number of allylic oxidation sites excluding steroid dienone is 1. The van der Waals surface area contributed by atoms with Crippen LogP contribution in [0.5, 0.6) is 0 Å². The van der Waals surface area contributed by atoms with E-state index in [0.29, 0.717) is 16.4 Å². The van der Waals surface area contributed by atoms with Gasteiger partial charge in [0.25, 0.3) is 5.91 Å². The minimum atomic E-state index is -0.919. The number of nitriles is 1. The molecule has 3 heterocycles. The monoisotopic (exact) mass is 501 g/mol. The molecule has 7 nitrogen and oxygen atoms in total. The number of hydrogen-bond donors (Lipinski definition) is 2. The minimum Gasteiger partial charge on any atom is -0.309 e. The SMILES string of the molecule is Cc1ccc(C2SC3=C(NC(=O)C(C#N)C3c3ccc(Cl)cc3)N2NC(=O)c2ccncc2)cc1. The van der Waals surface area contributed by atoms with Crippen LogP contribution in [-0.2, 0) is 4.79 Å². The summed E-state index contributed by atoms with van der Waals surface area (Å²) in [6.45, 7) is 2.01. The lowest BCUT2D eigenvalue weighted by molar-refractivity contribution is -0.124. The van der Waals surface area contributed by atoms with Crippen LogP contribution in [-0.4, -0.2) is 21.8 Å². The maximum Gasteiger partial charge on any atom is 0.269 e. The molecule has 1 aromatic heterocycles. The van der Waals surface area contributed by atoms with Gasteiger partial charge in [-0.1, -0.05) is 65.3 Å². The van der Waals surface area contributed by atoms with Gasteiger partial charge in [0.2, 0.25) is 5.91 Å². The van der Waals surface area contributed by atoms with Gasteiger partial charge in [-0.15, -0.1) is 0 Å². The maximum absolute atomic E-state index is 13.1. The van der Waals surface area contributed by atoms with Crippen LogP contribution in [0.15, 0.2) is 83.8 Å². The Balaban J connectivity index is 1.60. The Morgan fingerprint density at radius 2 is 1.74 bits per heavy atom. The van der Waals surface area contributed by atoms with Crippen LogP contribution in [0.2, 0.25) is 5.02 Å². The predicted molar refractivity (Wildman–Crippen MR) is 134 cm³/mol. The Kier molecular flexibility index (Phi) is 6.20. The van der Waals surface area contributed by atoms with Crippen molar-refractivity contribution in [3.8, 4) is 6.07 Å². The molecule has 2 amide bonds. The lowest BCUT2D eigenvalue weighted by atomic mass is 9.83. The third-order valence-corrected chi connectivity index (χ3v) is 7.64. The number of hydrazine groups is 1. The Bertz CT molecular complexity index is 1350. The first-order valence-electron chi connectivity index (χ1n) is 10.9. The van der Waals surface area contributed by atoms with Gasteiger partial charge in [-0.25, -0.2) is 0 Å². The molecular formula is C26H20ClN5O2S. The van der Waals surface area contributed by atoms with Crippen molar-refractivity contribution in [2.75, 3.05) is 0 Å². The van der Waals surface area contributed by atoms with Crippen LogP contribution < -0.4 is 10.7 Å². The molecule has 0 fully saturated rings. The van der Waals surface area contributed by atoms with Crippen LogP contribution >= 0.6 is 23.4 Å². The van der Waals surface area contributed by atoms with E-state index in [2.05, 4.69) is 21.8 Å². The summed E-state index contributed by atoms with van der Waals surface area (Å²) in [5.41, 5.74) is 6.26. The summed E-state index contributed by atoms with van der Waals surface area (Å²) >= 11 is 7.60. The normalized spacial score (nSPS) is 21.2. The van der Waals surface area contributed by atoms with Crippen LogP contribution in [0.3, 0.4) is 0 Å². The lowest BCUT2D eigenvalue weighted by Gasteiger charge is -2.32. The second-order valence-electron chi connectivity index (χ2n) is 8.27. The molecule has 0 bridgehead atoms. The molecular weight excluding hydrogens is 482 g/mol. The summed E-state index contributed by atoms with van der Waals surface area (Å²) in [4.78, 5) is 30.9. The van der Waals surface area contributed by atoms with Crippen molar-refractivity contribution in [2.24, 2.45) is 5.92 Å². The summed E-state index contributed by atoms with van der Waals surface area (Å²) in [6, 6.07) is 20.6. The first kappa shape index (κ1) is 23.0. The van der Waals surface area contributed by atoms with E-state index in [4.69, 9.17) is 11.6 Å². The molecule has 2 aliphatic heterocycles. The van der Waals surface area contributed by atoms with Gasteiger partial charge in [-0.3, -0.25) is 25.0 Å². The molecule has 2 aliphatic rings. The zero-order valence-electron chi connectivity index (χ0n) is 18.6. The number of aryl methyl sites for hydroxylation is 1. The predicted octanol–water partition coefficient (Wildman–Crippen LogP) is 4.66. The Labute approximate surface area is 211 Å². The average molecular weight is 502 g/mol. The highest BCUT2D eigenvalue weighted by atomic mass is 35.5. The molecule has 0 spiro atoms. The number of benzene rings is 2. The first-order valence-corrected chi connectivity index (χ1v) is 12.2. The molecule has 3 atom stereocenters. The summed E-state index contributed by atoms with van der Waals surface area (Å²) in [6.07, 6.45) is 3.10. The van der Waals surface area contributed by atoms with Crippen molar-refractivity contribution in [2.45, 2.75) is 18.2 Å². The lowest BCUT2D eigenvalue weighted by Crippen LogP contribution is -2.49. The third-order valence-electron chi connectivity index (χ3n) is 5.98.